The number of anilines is 1. The van der Waals surface area contributed by atoms with Crippen LogP contribution in [0, 0.1) is 0 Å². The molecule has 2 aromatic carbocycles. The molecule has 3 amide bonds. The van der Waals surface area contributed by atoms with Crippen molar-refractivity contribution < 1.29 is 14.4 Å². The number of hydrogen-bond acceptors (Lipinski definition) is 4. The van der Waals surface area contributed by atoms with Crippen molar-refractivity contribution in [1.29, 1.82) is 0 Å². The minimum Gasteiger partial charge on any atom is -0.368 e. The largest absolute Gasteiger partial charge is 0.368 e. The summed E-state index contributed by atoms with van der Waals surface area (Å²) in [5.41, 5.74) is 7.88. The van der Waals surface area contributed by atoms with Gasteiger partial charge in [0.1, 0.15) is 0 Å². The molecule has 3 rings (SSSR count). The number of urea groups is 1. The molecule has 29 heavy (non-hydrogen) atoms. The van der Waals surface area contributed by atoms with Gasteiger partial charge < -0.3 is 20.9 Å². The zero-order valence-electron chi connectivity index (χ0n) is 16.5. The lowest BCUT2D eigenvalue weighted by molar-refractivity contribution is -0.132. The molecular formula is C22H26N4O3. The smallest absolute Gasteiger partial charge is 0.312 e. The van der Waals surface area contributed by atoms with Gasteiger partial charge in [0.05, 0.1) is 12.5 Å². The van der Waals surface area contributed by atoms with Crippen LogP contribution in [0.25, 0.3) is 0 Å². The van der Waals surface area contributed by atoms with Crippen LogP contribution in [0.4, 0.5) is 10.5 Å². The molecule has 1 atom stereocenters. The van der Waals surface area contributed by atoms with Crippen LogP contribution in [0.3, 0.4) is 0 Å². The zero-order chi connectivity index (χ0) is 20.8. The Bertz CT molecular complexity index is 859. The Labute approximate surface area is 170 Å². The molecule has 152 valence electrons. The van der Waals surface area contributed by atoms with E-state index in [2.05, 4.69) is 10.2 Å². The number of carbonyl (C=O) groups is 3. The number of hydrogen-bond donors (Lipinski definition) is 2. The molecule has 1 aliphatic rings. The molecule has 1 unspecified atom stereocenters. The number of Topliss-reactive ketones (excluding diaryl/α,β-unsaturated/α-hetero) is 1. The Balaban J connectivity index is 1.58. The van der Waals surface area contributed by atoms with Crippen molar-refractivity contribution in [3.8, 4) is 0 Å². The van der Waals surface area contributed by atoms with E-state index in [0.29, 0.717) is 31.7 Å². The van der Waals surface area contributed by atoms with E-state index in [1.54, 1.807) is 6.92 Å². The molecule has 2 aromatic rings. The number of primary amides is 1. The van der Waals surface area contributed by atoms with Gasteiger partial charge in [0.2, 0.25) is 5.91 Å². The molecule has 0 aromatic heterocycles. The third-order valence-corrected chi connectivity index (χ3v) is 5.17. The lowest BCUT2D eigenvalue weighted by Gasteiger charge is -2.36. The van der Waals surface area contributed by atoms with Crippen molar-refractivity contribution in [2.24, 2.45) is 5.73 Å². The SMILES string of the molecule is CC(=O)c1ccc(N2CCN(C(=O)CC(NC(N)=O)c3ccccc3)CC2)cc1. The van der Waals surface area contributed by atoms with E-state index in [9.17, 15) is 14.4 Å². The van der Waals surface area contributed by atoms with Crippen LogP contribution >= 0.6 is 0 Å². The highest BCUT2D eigenvalue weighted by Crippen LogP contribution is 2.21. The second-order valence-electron chi connectivity index (χ2n) is 7.15. The van der Waals surface area contributed by atoms with E-state index in [1.807, 2.05) is 59.5 Å². The molecule has 3 N–H and O–H groups in total. The molecule has 1 heterocycles. The number of nitrogens with two attached hydrogens (primary N) is 1. The number of nitrogens with one attached hydrogen (secondary N) is 1. The second-order valence-corrected chi connectivity index (χ2v) is 7.15. The lowest BCUT2D eigenvalue weighted by atomic mass is 10.0. The average Bonchev–Trinajstić information content (AvgIpc) is 2.73. The summed E-state index contributed by atoms with van der Waals surface area (Å²) >= 11 is 0. The molecule has 1 fully saturated rings. The number of ketones is 1. The number of benzene rings is 2. The Morgan fingerprint density at radius 3 is 2.14 bits per heavy atom. The van der Waals surface area contributed by atoms with Crippen LogP contribution in [0.15, 0.2) is 54.6 Å². The molecule has 7 heteroatoms. The van der Waals surface area contributed by atoms with Gasteiger partial charge in [-0.2, -0.15) is 0 Å². The molecule has 0 radical (unpaired) electrons. The minimum absolute atomic E-state index is 0.0146. The van der Waals surface area contributed by atoms with Crippen LogP contribution in [-0.2, 0) is 4.79 Å². The molecular weight excluding hydrogens is 368 g/mol. The maximum Gasteiger partial charge on any atom is 0.312 e. The van der Waals surface area contributed by atoms with Gasteiger partial charge in [-0.25, -0.2) is 4.79 Å². The molecule has 0 spiro atoms. The molecule has 7 nitrogen and oxygen atoms in total. The van der Waals surface area contributed by atoms with Crippen molar-refractivity contribution in [3.63, 3.8) is 0 Å². The summed E-state index contributed by atoms with van der Waals surface area (Å²) in [4.78, 5) is 39.6. The van der Waals surface area contributed by atoms with Gasteiger partial charge in [0.15, 0.2) is 5.78 Å². The normalized spacial score (nSPS) is 14.9. The highest BCUT2D eigenvalue weighted by Gasteiger charge is 2.25. The maximum absolute atomic E-state index is 12.8. The van der Waals surface area contributed by atoms with Crippen LogP contribution in [0.5, 0.6) is 0 Å². The first-order valence-corrected chi connectivity index (χ1v) is 9.68. The van der Waals surface area contributed by atoms with E-state index >= 15 is 0 Å². The van der Waals surface area contributed by atoms with Gasteiger partial charge in [-0.1, -0.05) is 30.3 Å². The van der Waals surface area contributed by atoms with E-state index in [-0.39, 0.29) is 18.1 Å². The van der Waals surface area contributed by atoms with Crippen LogP contribution in [0.1, 0.15) is 35.3 Å². The highest BCUT2D eigenvalue weighted by molar-refractivity contribution is 5.94. The van der Waals surface area contributed by atoms with Crippen molar-refractivity contribution >= 4 is 23.4 Å². The monoisotopic (exact) mass is 394 g/mol. The summed E-state index contributed by atoms with van der Waals surface area (Å²) in [5.74, 6) is 0.0312. The summed E-state index contributed by atoms with van der Waals surface area (Å²) in [6.07, 6.45) is 0.167. The van der Waals surface area contributed by atoms with Gasteiger partial charge >= 0.3 is 6.03 Å². The summed E-state index contributed by atoms with van der Waals surface area (Å²) in [6.45, 7) is 4.18. The topological polar surface area (TPSA) is 95.7 Å². The minimum atomic E-state index is -0.648. The van der Waals surface area contributed by atoms with Crippen molar-refractivity contribution in [2.75, 3.05) is 31.1 Å². The van der Waals surface area contributed by atoms with E-state index < -0.39 is 12.1 Å². The fraction of sp³-hybridized carbons (Fsp3) is 0.318. The number of carbonyl (C=O) groups excluding carboxylic acids is 3. The summed E-state index contributed by atoms with van der Waals surface area (Å²) in [5, 5.41) is 2.67. The first-order chi connectivity index (χ1) is 13.9. The Morgan fingerprint density at radius 2 is 1.59 bits per heavy atom. The lowest BCUT2D eigenvalue weighted by Crippen LogP contribution is -2.49. The summed E-state index contributed by atoms with van der Waals surface area (Å²) in [6, 6.07) is 15.8. The van der Waals surface area contributed by atoms with Gasteiger partial charge in [0.25, 0.3) is 0 Å². The summed E-state index contributed by atoms with van der Waals surface area (Å²) in [7, 11) is 0. The maximum atomic E-state index is 12.8. The van der Waals surface area contributed by atoms with Crippen molar-refractivity contribution in [3.05, 3.63) is 65.7 Å². The molecule has 1 saturated heterocycles. The predicted molar refractivity (Wildman–Crippen MR) is 112 cm³/mol. The highest BCUT2D eigenvalue weighted by atomic mass is 16.2. The number of amides is 3. The van der Waals surface area contributed by atoms with E-state index in [1.165, 1.54) is 0 Å². The first kappa shape index (κ1) is 20.4. The van der Waals surface area contributed by atoms with Crippen LogP contribution in [-0.4, -0.2) is 48.8 Å². The first-order valence-electron chi connectivity index (χ1n) is 9.68. The average molecular weight is 394 g/mol. The predicted octanol–water partition coefficient (Wildman–Crippen LogP) is 2.34. The summed E-state index contributed by atoms with van der Waals surface area (Å²) < 4.78 is 0. The van der Waals surface area contributed by atoms with Crippen LogP contribution < -0.4 is 16.0 Å². The fourth-order valence-electron chi connectivity index (χ4n) is 3.53. The van der Waals surface area contributed by atoms with Gasteiger partial charge in [-0.05, 0) is 36.8 Å². The standard InChI is InChI=1S/C22H26N4O3/c1-16(27)17-7-9-19(10-8-17)25-11-13-26(14-12-25)21(28)15-20(24-22(23)29)18-5-3-2-4-6-18/h2-10,20H,11-15H2,1H3,(H3,23,24,29). The van der Waals surface area contributed by atoms with Gasteiger partial charge in [-0.3, -0.25) is 9.59 Å². The number of piperazine rings is 1. The number of rotatable bonds is 6. The molecule has 0 bridgehead atoms. The Morgan fingerprint density at radius 1 is 0.966 bits per heavy atom. The van der Waals surface area contributed by atoms with Crippen LogP contribution in [0.2, 0.25) is 0 Å². The fourth-order valence-corrected chi connectivity index (χ4v) is 3.53. The second kappa shape index (κ2) is 9.23. The Kier molecular flexibility index (Phi) is 6.49. The Hall–Kier alpha value is -3.35. The van der Waals surface area contributed by atoms with E-state index in [0.717, 1.165) is 11.3 Å². The van der Waals surface area contributed by atoms with E-state index in [4.69, 9.17) is 5.73 Å². The molecule has 0 saturated carbocycles. The zero-order valence-corrected chi connectivity index (χ0v) is 16.5. The van der Waals surface area contributed by atoms with Crippen molar-refractivity contribution in [2.45, 2.75) is 19.4 Å². The van der Waals surface area contributed by atoms with Crippen molar-refractivity contribution in [1.82, 2.24) is 10.2 Å². The third kappa shape index (κ3) is 5.34. The van der Waals surface area contributed by atoms with Gasteiger partial charge in [0, 0.05) is 37.4 Å². The molecule has 0 aliphatic carbocycles. The quantitative estimate of drug-likeness (QED) is 0.735. The molecule has 1 aliphatic heterocycles. The third-order valence-electron chi connectivity index (χ3n) is 5.17. The van der Waals surface area contributed by atoms with Gasteiger partial charge in [-0.15, -0.1) is 0 Å². The number of nitrogens with zero attached hydrogens (tertiary/aromatic N) is 2.